The number of rotatable bonds is 0. The third kappa shape index (κ3) is 2.64. The Balaban J connectivity index is 1.57. The molecule has 0 N–H and O–H groups in total. The van der Waals surface area contributed by atoms with Crippen molar-refractivity contribution in [2.24, 2.45) is 0 Å². The molecule has 0 saturated heterocycles. The molecule has 0 spiro atoms. The molecule has 0 fully saturated rings. The molecule has 0 atom stereocenters. The summed E-state index contributed by atoms with van der Waals surface area (Å²) in [5, 5.41) is 7.82. The fourth-order valence-electron chi connectivity index (χ4n) is 6.26. The van der Waals surface area contributed by atoms with Crippen molar-refractivity contribution in [2.45, 2.75) is 0 Å². The molecule has 0 aromatic heterocycles. The third-order valence-electron chi connectivity index (χ3n) is 7.84. The van der Waals surface area contributed by atoms with Crippen LogP contribution >= 0.6 is 0 Å². The average Bonchev–Trinajstić information content (AvgIpc) is 2.95. The summed E-state index contributed by atoms with van der Waals surface area (Å²) >= 11 is 0. The van der Waals surface area contributed by atoms with Gasteiger partial charge in [0.25, 0.3) is 0 Å². The smallest absolute Gasteiger partial charge is 0.00201 e. The van der Waals surface area contributed by atoms with Crippen LogP contribution in [-0.4, -0.2) is 0 Å². The molecule has 0 heteroatoms. The van der Waals surface area contributed by atoms with Crippen LogP contribution in [0.3, 0.4) is 0 Å². The zero-order valence-corrected chi connectivity index (χ0v) is 19.7. The lowest BCUT2D eigenvalue weighted by molar-refractivity contribution is 1.54. The number of benzene rings is 7. The predicted octanol–water partition coefficient (Wildman–Crippen LogP) is 10.1. The molecule has 0 saturated carbocycles. The maximum atomic E-state index is 2.34. The van der Waals surface area contributed by atoms with Crippen LogP contribution in [0.1, 0.15) is 0 Å². The van der Waals surface area contributed by atoms with E-state index >= 15 is 0 Å². The van der Waals surface area contributed by atoms with Crippen molar-refractivity contribution in [2.75, 3.05) is 0 Å². The monoisotopic (exact) mass is 454 g/mol. The van der Waals surface area contributed by atoms with E-state index in [2.05, 4.69) is 133 Å². The van der Waals surface area contributed by atoms with Gasteiger partial charge in [-0.25, -0.2) is 0 Å². The minimum absolute atomic E-state index is 1.28. The summed E-state index contributed by atoms with van der Waals surface area (Å²) in [7, 11) is 0. The van der Waals surface area contributed by atoms with Crippen molar-refractivity contribution in [3.05, 3.63) is 133 Å². The standard InChI is InChI=1S/C36H22/c1-2-10-24-23(9-1)17-18-31-30(24)19-21-35-32(31)20-22-34-29-15-6-5-13-27(29)25-11-3-4-12-26(25)28-14-7-8-16-33(28)36(34)35/h1-22H. The summed E-state index contributed by atoms with van der Waals surface area (Å²) in [6.07, 6.45) is 0. The normalized spacial score (nSPS) is 11.9. The number of hydrogen-bond acceptors (Lipinski definition) is 0. The Hall–Kier alpha value is -4.68. The lowest BCUT2D eigenvalue weighted by Crippen LogP contribution is -1.97. The summed E-state index contributed by atoms with van der Waals surface area (Å²) in [5.41, 5.74) is 10.3. The van der Waals surface area contributed by atoms with E-state index in [-0.39, 0.29) is 0 Å². The SMILES string of the molecule is c1ccc2c(c1)-c1ccccc1-c1ccc3c(ccc4c5ccccc5ccc34)c1-c1ccccc1-2. The Morgan fingerprint density at radius 3 is 1.33 bits per heavy atom. The molecule has 0 heterocycles. The Kier molecular flexibility index (Phi) is 4.03. The van der Waals surface area contributed by atoms with E-state index in [1.807, 2.05) is 0 Å². The van der Waals surface area contributed by atoms with Gasteiger partial charge < -0.3 is 0 Å². The van der Waals surface area contributed by atoms with E-state index < -0.39 is 0 Å². The van der Waals surface area contributed by atoms with E-state index in [1.54, 1.807) is 0 Å². The van der Waals surface area contributed by atoms with Crippen LogP contribution in [0.2, 0.25) is 0 Å². The summed E-state index contributed by atoms with van der Waals surface area (Å²) in [5.74, 6) is 0. The first kappa shape index (κ1) is 19.6. The molecule has 0 unspecified atom stereocenters. The van der Waals surface area contributed by atoms with Gasteiger partial charge in [-0.15, -0.1) is 0 Å². The van der Waals surface area contributed by atoms with Crippen LogP contribution in [-0.2, 0) is 0 Å². The van der Waals surface area contributed by atoms with Crippen molar-refractivity contribution in [3.63, 3.8) is 0 Å². The predicted molar refractivity (Wildman–Crippen MR) is 154 cm³/mol. The van der Waals surface area contributed by atoms with Crippen molar-refractivity contribution >= 4 is 32.3 Å². The Labute approximate surface area is 210 Å². The van der Waals surface area contributed by atoms with Gasteiger partial charge in [0, 0.05) is 0 Å². The van der Waals surface area contributed by atoms with E-state index in [0.29, 0.717) is 0 Å². The van der Waals surface area contributed by atoms with Gasteiger partial charge in [-0.3, -0.25) is 0 Å². The molecule has 1 aliphatic carbocycles. The van der Waals surface area contributed by atoms with Crippen LogP contribution in [0, 0.1) is 0 Å². The molecule has 0 aliphatic heterocycles. The topological polar surface area (TPSA) is 0 Å². The molecule has 36 heavy (non-hydrogen) atoms. The fraction of sp³-hybridized carbons (Fsp3) is 0. The second-order valence-electron chi connectivity index (χ2n) is 9.67. The van der Waals surface area contributed by atoms with Gasteiger partial charge in [-0.2, -0.15) is 0 Å². The van der Waals surface area contributed by atoms with Crippen molar-refractivity contribution in [1.82, 2.24) is 0 Å². The first-order valence-corrected chi connectivity index (χ1v) is 12.5. The lowest BCUT2D eigenvalue weighted by Gasteiger charge is -2.24. The molecule has 1 aliphatic rings. The van der Waals surface area contributed by atoms with Gasteiger partial charge in [0.1, 0.15) is 0 Å². The van der Waals surface area contributed by atoms with Crippen LogP contribution in [0.15, 0.2) is 133 Å². The fourth-order valence-corrected chi connectivity index (χ4v) is 6.26. The summed E-state index contributed by atoms with van der Waals surface area (Å²) in [6.45, 7) is 0. The van der Waals surface area contributed by atoms with E-state index in [0.717, 1.165) is 0 Å². The number of hydrogen-bond donors (Lipinski definition) is 0. The summed E-state index contributed by atoms with van der Waals surface area (Å²) in [4.78, 5) is 0. The van der Waals surface area contributed by atoms with E-state index in [4.69, 9.17) is 0 Å². The largest absolute Gasteiger partial charge is 0.0616 e. The Morgan fingerprint density at radius 2 is 0.639 bits per heavy atom. The molecule has 0 nitrogen and oxygen atoms in total. The Bertz CT molecular complexity index is 1980. The average molecular weight is 455 g/mol. The third-order valence-corrected chi connectivity index (χ3v) is 7.84. The quantitative estimate of drug-likeness (QED) is 0.200. The second kappa shape index (κ2) is 7.41. The first-order chi connectivity index (χ1) is 17.9. The van der Waals surface area contributed by atoms with Crippen LogP contribution in [0.25, 0.3) is 76.8 Å². The van der Waals surface area contributed by atoms with Gasteiger partial charge in [0.2, 0.25) is 0 Å². The second-order valence-corrected chi connectivity index (χ2v) is 9.67. The minimum atomic E-state index is 1.28. The van der Waals surface area contributed by atoms with Gasteiger partial charge in [0.15, 0.2) is 0 Å². The van der Waals surface area contributed by atoms with Gasteiger partial charge >= 0.3 is 0 Å². The van der Waals surface area contributed by atoms with Crippen molar-refractivity contribution in [1.29, 1.82) is 0 Å². The van der Waals surface area contributed by atoms with Gasteiger partial charge in [-0.05, 0) is 76.8 Å². The van der Waals surface area contributed by atoms with Crippen molar-refractivity contribution in [3.8, 4) is 44.5 Å². The molecule has 166 valence electrons. The molecular weight excluding hydrogens is 432 g/mol. The van der Waals surface area contributed by atoms with E-state index in [1.165, 1.54) is 76.8 Å². The molecular formula is C36H22. The summed E-state index contributed by atoms with van der Waals surface area (Å²) in [6, 6.07) is 49.2. The minimum Gasteiger partial charge on any atom is -0.0616 e. The van der Waals surface area contributed by atoms with Gasteiger partial charge in [0.05, 0.1) is 0 Å². The first-order valence-electron chi connectivity index (χ1n) is 12.5. The molecule has 0 bridgehead atoms. The van der Waals surface area contributed by atoms with E-state index in [9.17, 15) is 0 Å². The highest BCUT2D eigenvalue weighted by Gasteiger charge is 2.23. The highest BCUT2D eigenvalue weighted by Crippen LogP contribution is 2.50. The molecule has 7 aromatic rings. The van der Waals surface area contributed by atoms with Crippen LogP contribution in [0.5, 0.6) is 0 Å². The highest BCUT2D eigenvalue weighted by molar-refractivity contribution is 6.22. The van der Waals surface area contributed by atoms with Crippen LogP contribution < -0.4 is 0 Å². The highest BCUT2D eigenvalue weighted by atomic mass is 14.3. The zero-order valence-electron chi connectivity index (χ0n) is 19.7. The summed E-state index contributed by atoms with van der Waals surface area (Å²) < 4.78 is 0. The lowest BCUT2D eigenvalue weighted by atomic mass is 9.79. The molecule has 0 radical (unpaired) electrons. The van der Waals surface area contributed by atoms with Crippen molar-refractivity contribution < 1.29 is 0 Å². The molecule has 0 amide bonds. The van der Waals surface area contributed by atoms with Gasteiger partial charge in [-0.1, -0.05) is 133 Å². The van der Waals surface area contributed by atoms with Crippen LogP contribution in [0.4, 0.5) is 0 Å². The molecule has 8 rings (SSSR count). The molecule has 7 aromatic carbocycles. The maximum absolute atomic E-state index is 2.34. The maximum Gasteiger partial charge on any atom is -0.00201 e. The zero-order chi connectivity index (χ0) is 23.6. The number of fused-ring (bicyclic) bond motifs is 14. The Morgan fingerprint density at radius 1 is 0.222 bits per heavy atom.